The average Bonchev–Trinajstić information content (AvgIpc) is 3.14. The molecular weight excluding hydrogens is 290 g/mol. The summed E-state index contributed by atoms with van der Waals surface area (Å²) in [5, 5.41) is 10.2. The number of carboxylic acid groups (broad SMARTS) is 1. The molecule has 22 heavy (non-hydrogen) atoms. The fourth-order valence-electron chi connectivity index (χ4n) is 3.64. The molecule has 0 N–H and O–H groups in total. The molecule has 1 saturated carbocycles. The van der Waals surface area contributed by atoms with Crippen molar-refractivity contribution in [1.29, 1.82) is 0 Å². The number of hydrogen-bond acceptors (Lipinski definition) is 6. The Morgan fingerprint density at radius 2 is 1.68 bits per heavy atom. The predicted molar refractivity (Wildman–Crippen MR) is 69.8 cm³/mol. The van der Waals surface area contributed by atoms with E-state index in [1.165, 1.54) is 0 Å². The lowest BCUT2D eigenvalue weighted by atomic mass is 9.93. The highest BCUT2D eigenvalue weighted by atomic mass is 16.5. The first-order chi connectivity index (χ1) is 10.5. The minimum atomic E-state index is -1.32. The number of amides is 2. The van der Waals surface area contributed by atoms with Gasteiger partial charge in [-0.1, -0.05) is 0 Å². The van der Waals surface area contributed by atoms with Crippen molar-refractivity contribution in [2.45, 2.75) is 32.1 Å². The Balaban J connectivity index is 1.51. The van der Waals surface area contributed by atoms with Gasteiger partial charge in [0.1, 0.15) is 6.61 Å². The van der Waals surface area contributed by atoms with Gasteiger partial charge in [-0.25, -0.2) is 0 Å². The number of likely N-dealkylation sites (tertiary alicyclic amines) is 1. The first-order valence-corrected chi connectivity index (χ1v) is 7.44. The van der Waals surface area contributed by atoms with Crippen LogP contribution >= 0.6 is 0 Å². The summed E-state index contributed by atoms with van der Waals surface area (Å²) in [5.74, 6) is -2.07. The van der Waals surface area contributed by atoms with E-state index in [0.717, 1.165) is 24.2 Å². The van der Waals surface area contributed by atoms with E-state index in [1.807, 2.05) is 0 Å². The maximum absolute atomic E-state index is 12.3. The molecule has 2 unspecified atom stereocenters. The molecule has 3 aliphatic rings. The summed E-state index contributed by atoms with van der Waals surface area (Å²) in [5.41, 5.74) is 1.34. The van der Waals surface area contributed by atoms with Crippen LogP contribution < -0.4 is 5.11 Å². The van der Waals surface area contributed by atoms with Crippen LogP contribution in [0.4, 0.5) is 0 Å². The molecule has 2 aliphatic carbocycles. The number of carbonyl (C=O) groups is 4. The Labute approximate surface area is 126 Å². The number of esters is 1. The molecule has 0 aromatic heterocycles. The zero-order chi connectivity index (χ0) is 15.9. The lowest BCUT2D eigenvalue weighted by Gasteiger charge is -2.17. The number of imide groups is 1. The predicted octanol–water partition coefficient (Wildman–Crippen LogP) is -0.845. The first kappa shape index (κ1) is 14.7. The van der Waals surface area contributed by atoms with Crippen LogP contribution in [-0.2, 0) is 23.9 Å². The molecule has 1 fully saturated rings. The fraction of sp³-hybridized carbons (Fsp3) is 0.600. The molecular formula is C15H16NO6-. The lowest BCUT2D eigenvalue weighted by molar-refractivity contribution is -0.305. The molecule has 1 heterocycles. The van der Waals surface area contributed by atoms with Crippen molar-refractivity contribution in [2.24, 2.45) is 11.8 Å². The largest absolute Gasteiger partial charge is 0.550 e. The molecule has 7 nitrogen and oxygen atoms in total. The van der Waals surface area contributed by atoms with Crippen LogP contribution in [0, 0.1) is 11.8 Å². The molecule has 0 radical (unpaired) electrons. The van der Waals surface area contributed by atoms with Gasteiger partial charge in [-0.3, -0.25) is 19.3 Å². The Morgan fingerprint density at radius 1 is 1.09 bits per heavy atom. The summed E-state index contributed by atoms with van der Waals surface area (Å²) in [7, 11) is 0. The van der Waals surface area contributed by atoms with Gasteiger partial charge in [-0.15, -0.1) is 0 Å². The van der Waals surface area contributed by atoms with Gasteiger partial charge in [-0.05, 0) is 37.5 Å². The van der Waals surface area contributed by atoms with Crippen LogP contribution in [0.3, 0.4) is 0 Å². The molecule has 2 bridgehead atoms. The van der Waals surface area contributed by atoms with Crippen molar-refractivity contribution in [2.75, 3.05) is 13.2 Å². The summed E-state index contributed by atoms with van der Waals surface area (Å²) in [6.07, 6.45) is 2.17. The fourth-order valence-corrected chi connectivity index (χ4v) is 3.64. The second-order valence-electron chi connectivity index (χ2n) is 5.89. The van der Waals surface area contributed by atoms with Crippen LogP contribution in [0.25, 0.3) is 0 Å². The Kier molecular flexibility index (Phi) is 3.72. The van der Waals surface area contributed by atoms with E-state index in [-0.39, 0.29) is 43.2 Å². The minimum Gasteiger partial charge on any atom is -0.550 e. The van der Waals surface area contributed by atoms with Crippen molar-refractivity contribution >= 4 is 23.8 Å². The number of ether oxygens (including phenoxy) is 1. The highest BCUT2D eigenvalue weighted by molar-refractivity contribution is 6.20. The molecule has 0 spiro atoms. The van der Waals surface area contributed by atoms with Crippen LogP contribution in [0.1, 0.15) is 32.1 Å². The van der Waals surface area contributed by atoms with Gasteiger partial charge in [0.2, 0.25) is 0 Å². The Morgan fingerprint density at radius 3 is 2.23 bits per heavy atom. The third-order valence-electron chi connectivity index (χ3n) is 4.60. The third-order valence-corrected chi connectivity index (χ3v) is 4.60. The first-order valence-electron chi connectivity index (χ1n) is 7.44. The number of nitrogens with zero attached hydrogens (tertiary/aromatic N) is 1. The summed E-state index contributed by atoms with van der Waals surface area (Å²) in [6, 6.07) is 0. The zero-order valence-corrected chi connectivity index (χ0v) is 12.0. The number of fused-ring (bicyclic) bond motifs is 4. The van der Waals surface area contributed by atoms with Gasteiger partial charge in [0.25, 0.3) is 11.8 Å². The van der Waals surface area contributed by atoms with E-state index in [9.17, 15) is 24.3 Å². The van der Waals surface area contributed by atoms with Crippen molar-refractivity contribution in [3.8, 4) is 0 Å². The number of carbonyl (C=O) groups excluding carboxylic acids is 4. The van der Waals surface area contributed by atoms with E-state index in [0.29, 0.717) is 11.1 Å². The van der Waals surface area contributed by atoms with Crippen LogP contribution in [0.2, 0.25) is 0 Å². The van der Waals surface area contributed by atoms with Crippen molar-refractivity contribution in [3.63, 3.8) is 0 Å². The van der Waals surface area contributed by atoms with Gasteiger partial charge in [0.15, 0.2) is 0 Å². The van der Waals surface area contributed by atoms with Gasteiger partial charge in [0.05, 0.1) is 13.0 Å². The Hall–Kier alpha value is -2.18. The highest BCUT2D eigenvalue weighted by Gasteiger charge is 2.51. The van der Waals surface area contributed by atoms with E-state index in [4.69, 9.17) is 4.74 Å². The summed E-state index contributed by atoms with van der Waals surface area (Å²) in [4.78, 5) is 47.2. The van der Waals surface area contributed by atoms with E-state index in [2.05, 4.69) is 0 Å². The Bertz CT molecular complexity index is 561. The maximum atomic E-state index is 12.3. The zero-order valence-electron chi connectivity index (χ0n) is 12.0. The molecule has 2 atom stereocenters. The van der Waals surface area contributed by atoms with Crippen molar-refractivity contribution in [1.82, 2.24) is 4.90 Å². The molecule has 7 heteroatoms. The highest BCUT2D eigenvalue weighted by Crippen LogP contribution is 2.52. The second kappa shape index (κ2) is 5.55. The summed E-state index contributed by atoms with van der Waals surface area (Å²) >= 11 is 0. The smallest absolute Gasteiger partial charge is 0.306 e. The van der Waals surface area contributed by atoms with E-state index < -0.39 is 18.4 Å². The molecule has 0 saturated heterocycles. The van der Waals surface area contributed by atoms with Crippen LogP contribution in [0.15, 0.2) is 11.1 Å². The van der Waals surface area contributed by atoms with Crippen LogP contribution in [0.5, 0.6) is 0 Å². The summed E-state index contributed by atoms with van der Waals surface area (Å²) in [6.45, 7) is -0.0968. The summed E-state index contributed by atoms with van der Waals surface area (Å²) < 4.78 is 4.85. The standard InChI is InChI=1S/C15H17NO6/c17-10(18)3-4-11(19)22-6-5-16-14(20)12-8-1-2-9(7-8)13(12)15(16)21/h8-9H,1-7H2,(H,17,18)/p-1. The van der Waals surface area contributed by atoms with Crippen LogP contribution in [-0.4, -0.2) is 41.8 Å². The van der Waals surface area contributed by atoms with E-state index >= 15 is 0 Å². The van der Waals surface area contributed by atoms with Gasteiger partial charge in [0, 0.05) is 17.1 Å². The van der Waals surface area contributed by atoms with Gasteiger partial charge in [-0.2, -0.15) is 0 Å². The topological polar surface area (TPSA) is 104 Å². The van der Waals surface area contributed by atoms with Gasteiger partial charge < -0.3 is 14.6 Å². The third kappa shape index (κ3) is 2.40. The van der Waals surface area contributed by atoms with Crippen molar-refractivity contribution in [3.05, 3.63) is 11.1 Å². The van der Waals surface area contributed by atoms with Crippen molar-refractivity contribution < 1.29 is 29.0 Å². The number of rotatable bonds is 6. The molecule has 0 aromatic carbocycles. The molecule has 118 valence electrons. The SMILES string of the molecule is O=C([O-])CCC(=O)OCCN1C(=O)C2=C(C1=O)C1CCC2C1. The van der Waals surface area contributed by atoms with E-state index in [1.54, 1.807) is 0 Å². The second-order valence-corrected chi connectivity index (χ2v) is 5.89. The van der Waals surface area contributed by atoms with Gasteiger partial charge >= 0.3 is 5.97 Å². The molecule has 1 aliphatic heterocycles. The monoisotopic (exact) mass is 306 g/mol. The number of hydrogen-bond donors (Lipinski definition) is 0. The molecule has 0 aromatic rings. The quantitative estimate of drug-likeness (QED) is 0.468. The molecule has 2 amide bonds. The number of carboxylic acids is 1. The average molecular weight is 306 g/mol. The maximum Gasteiger partial charge on any atom is 0.306 e. The molecule has 3 rings (SSSR count). The lowest BCUT2D eigenvalue weighted by Crippen LogP contribution is -2.36. The normalized spacial score (nSPS) is 25.9. The minimum absolute atomic E-state index is 0.0150. The number of aliphatic carboxylic acids is 1.